The van der Waals surface area contributed by atoms with Gasteiger partial charge in [0.15, 0.2) is 0 Å². The van der Waals surface area contributed by atoms with Gasteiger partial charge in [-0.3, -0.25) is 0 Å². The molecule has 0 spiro atoms. The molecule has 0 bridgehead atoms. The topological polar surface area (TPSA) is 79.3 Å². The van der Waals surface area contributed by atoms with Crippen LogP contribution in [0.5, 0.6) is 0 Å². The lowest BCUT2D eigenvalue weighted by Crippen LogP contribution is -2.28. The van der Waals surface area contributed by atoms with Crippen LogP contribution in [0.15, 0.2) is 39.1 Å². The van der Waals surface area contributed by atoms with Crippen LogP contribution >= 0.6 is 27.3 Å². The molecule has 1 unspecified atom stereocenters. The van der Waals surface area contributed by atoms with Crippen LogP contribution in [0.2, 0.25) is 0 Å². The van der Waals surface area contributed by atoms with Crippen molar-refractivity contribution in [3.8, 4) is 0 Å². The molecule has 1 atom stereocenters. The molecule has 8 heteroatoms. The van der Waals surface area contributed by atoms with Gasteiger partial charge >= 0.3 is 0 Å². The van der Waals surface area contributed by atoms with Gasteiger partial charge in [0.05, 0.1) is 16.5 Å². The average Bonchev–Trinajstić information content (AvgIpc) is 2.98. The number of rotatable bonds is 6. The van der Waals surface area contributed by atoms with Gasteiger partial charge in [0.25, 0.3) is 0 Å². The molecule has 114 valence electrons. The number of nitrogens with one attached hydrogen (secondary N) is 1. The molecule has 0 aliphatic carbocycles. The predicted octanol–water partition coefficient (Wildman–Crippen LogP) is 2.48. The summed E-state index contributed by atoms with van der Waals surface area (Å²) in [5, 5.41) is 11.8. The summed E-state index contributed by atoms with van der Waals surface area (Å²) in [6, 6.07) is 4.66. The van der Waals surface area contributed by atoms with Gasteiger partial charge in [-0.1, -0.05) is 13.0 Å². The van der Waals surface area contributed by atoms with Crippen molar-refractivity contribution < 1.29 is 13.5 Å². The maximum atomic E-state index is 12.3. The maximum Gasteiger partial charge on any atom is 0.241 e. The molecule has 21 heavy (non-hydrogen) atoms. The van der Waals surface area contributed by atoms with Crippen LogP contribution in [-0.2, 0) is 16.6 Å². The molecule has 1 heterocycles. The highest BCUT2D eigenvalue weighted by molar-refractivity contribution is 9.10. The lowest BCUT2D eigenvalue weighted by molar-refractivity contribution is 0.281. The van der Waals surface area contributed by atoms with Gasteiger partial charge in [-0.2, -0.15) is 0 Å². The maximum absolute atomic E-state index is 12.3. The highest BCUT2D eigenvalue weighted by atomic mass is 79.9. The number of nitrogens with zero attached hydrogens (tertiary/aromatic N) is 1. The van der Waals surface area contributed by atoms with Gasteiger partial charge in [0, 0.05) is 28.5 Å². The summed E-state index contributed by atoms with van der Waals surface area (Å²) in [6.07, 6.45) is 1.70. The molecule has 1 aromatic carbocycles. The highest BCUT2D eigenvalue weighted by Gasteiger charge is 2.19. The Morgan fingerprint density at radius 2 is 2.24 bits per heavy atom. The number of hydrogen-bond donors (Lipinski definition) is 2. The van der Waals surface area contributed by atoms with E-state index in [0.29, 0.717) is 10.0 Å². The minimum absolute atomic E-state index is 0.00951. The van der Waals surface area contributed by atoms with Crippen molar-refractivity contribution in [1.29, 1.82) is 0 Å². The Balaban J connectivity index is 2.11. The van der Waals surface area contributed by atoms with Gasteiger partial charge in [-0.15, -0.1) is 11.3 Å². The van der Waals surface area contributed by atoms with Gasteiger partial charge in [-0.05, 0) is 33.6 Å². The van der Waals surface area contributed by atoms with Crippen molar-refractivity contribution in [2.45, 2.75) is 24.3 Å². The molecule has 0 fully saturated rings. The Bertz CT molecular complexity index is 702. The van der Waals surface area contributed by atoms with Gasteiger partial charge in [0.1, 0.15) is 0 Å². The molecule has 2 N–H and O–H groups in total. The van der Waals surface area contributed by atoms with E-state index in [9.17, 15) is 8.42 Å². The van der Waals surface area contributed by atoms with Gasteiger partial charge < -0.3 is 5.11 Å². The van der Waals surface area contributed by atoms with Crippen LogP contribution in [0.25, 0.3) is 0 Å². The number of sulfonamides is 1. The fraction of sp³-hybridized carbons (Fsp3) is 0.308. The molecule has 0 aliphatic rings. The minimum Gasteiger partial charge on any atom is -0.392 e. The average molecular weight is 391 g/mol. The Morgan fingerprint density at radius 3 is 2.81 bits per heavy atom. The summed E-state index contributed by atoms with van der Waals surface area (Å²) in [4.78, 5) is 4.33. The van der Waals surface area contributed by atoms with Crippen molar-refractivity contribution in [2.75, 3.05) is 6.54 Å². The summed E-state index contributed by atoms with van der Waals surface area (Å²) in [5.74, 6) is 0.00951. The van der Waals surface area contributed by atoms with Crippen molar-refractivity contribution >= 4 is 37.3 Å². The van der Waals surface area contributed by atoms with Gasteiger partial charge in [-0.25, -0.2) is 18.1 Å². The van der Waals surface area contributed by atoms with E-state index in [2.05, 4.69) is 25.6 Å². The summed E-state index contributed by atoms with van der Waals surface area (Å²) in [5.41, 5.74) is 0.650. The van der Waals surface area contributed by atoms with E-state index in [1.54, 1.807) is 18.3 Å². The van der Waals surface area contributed by atoms with Crippen LogP contribution < -0.4 is 4.72 Å². The van der Waals surface area contributed by atoms with Gasteiger partial charge in [0.2, 0.25) is 10.0 Å². The molecule has 2 rings (SSSR count). The Hall–Kier alpha value is -0.800. The summed E-state index contributed by atoms with van der Waals surface area (Å²) < 4.78 is 27.6. The molecule has 0 saturated carbocycles. The zero-order valence-corrected chi connectivity index (χ0v) is 14.5. The van der Waals surface area contributed by atoms with Crippen LogP contribution in [-0.4, -0.2) is 25.1 Å². The largest absolute Gasteiger partial charge is 0.392 e. The van der Waals surface area contributed by atoms with E-state index < -0.39 is 10.0 Å². The highest BCUT2D eigenvalue weighted by Crippen LogP contribution is 2.24. The molecular formula is C13H15BrN2O3S2. The quantitative estimate of drug-likeness (QED) is 0.793. The lowest BCUT2D eigenvalue weighted by atomic mass is 10.2. The standard InChI is InChI=1S/C13H15BrN2O3S2/c1-9(13-15-4-5-20-13)7-16-21(18,19)12-3-2-10(8-17)6-11(12)14/h2-6,9,16-17H,7-8H2,1H3. The normalized spacial score (nSPS) is 13.3. The Labute approximate surface area is 136 Å². The van der Waals surface area contributed by atoms with E-state index in [-0.39, 0.29) is 24.0 Å². The molecule has 0 saturated heterocycles. The third-order valence-corrected chi connectivity index (χ3v) is 6.33. The summed E-state index contributed by atoms with van der Waals surface area (Å²) in [7, 11) is -3.60. The predicted molar refractivity (Wildman–Crippen MR) is 85.8 cm³/mol. The second-order valence-corrected chi connectivity index (χ2v) is 8.06. The minimum atomic E-state index is -3.60. The zero-order chi connectivity index (χ0) is 15.5. The lowest BCUT2D eigenvalue weighted by Gasteiger charge is -2.12. The zero-order valence-electron chi connectivity index (χ0n) is 11.3. The van der Waals surface area contributed by atoms with E-state index >= 15 is 0 Å². The molecule has 0 amide bonds. The first-order valence-electron chi connectivity index (χ1n) is 6.22. The molecule has 5 nitrogen and oxygen atoms in total. The fourth-order valence-electron chi connectivity index (χ4n) is 1.74. The molecule has 1 aromatic heterocycles. The van der Waals surface area contributed by atoms with E-state index in [1.165, 1.54) is 17.4 Å². The Morgan fingerprint density at radius 1 is 1.48 bits per heavy atom. The molecule has 2 aromatic rings. The third kappa shape index (κ3) is 4.10. The van der Waals surface area contributed by atoms with Crippen LogP contribution in [0.1, 0.15) is 23.4 Å². The first-order chi connectivity index (χ1) is 9.94. The smallest absolute Gasteiger partial charge is 0.241 e. The molecule has 0 aliphatic heterocycles. The second-order valence-electron chi connectivity index (χ2n) is 4.55. The van der Waals surface area contributed by atoms with Crippen molar-refractivity contribution in [3.05, 3.63) is 44.8 Å². The number of halogens is 1. The van der Waals surface area contributed by atoms with Crippen molar-refractivity contribution in [1.82, 2.24) is 9.71 Å². The monoisotopic (exact) mass is 390 g/mol. The number of aromatic nitrogens is 1. The van der Waals surface area contributed by atoms with E-state index in [0.717, 1.165) is 5.01 Å². The Kier molecular flexibility index (Phi) is 5.50. The van der Waals surface area contributed by atoms with Crippen LogP contribution in [0.3, 0.4) is 0 Å². The van der Waals surface area contributed by atoms with Crippen molar-refractivity contribution in [2.24, 2.45) is 0 Å². The molecule has 0 radical (unpaired) electrons. The first kappa shape index (κ1) is 16.6. The number of aliphatic hydroxyl groups excluding tert-OH is 1. The van der Waals surface area contributed by atoms with E-state index in [4.69, 9.17) is 5.11 Å². The van der Waals surface area contributed by atoms with E-state index in [1.807, 2.05) is 12.3 Å². The summed E-state index contributed by atoms with van der Waals surface area (Å²) >= 11 is 4.73. The number of hydrogen-bond acceptors (Lipinski definition) is 5. The summed E-state index contributed by atoms with van der Waals surface area (Å²) in [6.45, 7) is 2.07. The van der Waals surface area contributed by atoms with Crippen LogP contribution in [0, 0.1) is 0 Å². The second kappa shape index (κ2) is 6.97. The SMILES string of the molecule is CC(CNS(=O)(=O)c1ccc(CO)cc1Br)c1nccs1. The third-order valence-electron chi connectivity index (χ3n) is 2.92. The molecular weight excluding hydrogens is 376 g/mol. The fourth-order valence-corrected chi connectivity index (χ4v) is 4.69. The van der Waals surface area contributed by atoms with Crippen molar-refractivity contribution in [3.63, 3.8) is 0 Å². The number of benzene rings is 1. The first-order valence-corrected chi connectivity index (χ1v) is 9.38. The van der Waals surface area contributed by atoms with Crippen LogP contribution in [0.4, 0.5) is 0 Å². The number of thiazole rings is 1. The number of aliphatic hydroxyl groups is 1.